The minimum atomic E-state index is -3.67. The normalized spacial score (nSPS) is 28.3. The van der Waals surface area contributed by atoms with Gasteiger partial charge in [-0.25, -0.2) is 8.42 Å². The Balaban J connectivity index is 1.30. The van der Waals surface area contributed by atoms with Crippen LogP contribution in [0.3, 0.4) is 0 Å². The van der Waals surface area contributed by atoms with Crippen molar-refractivity contribution in [2.24, 2.45) is 17.8 Å². The maximum absolute atomic E-state index is 13.2. The van der Waals surface area contributed by atoms with Gasteiger partial charge in [-0.05, 0) is 62.1 Å². The van der Waals surface area contributed by atoms with Gasteiger partial charge in [0.05, 0.1) is 49.2 Å². The van der Waals surface area contributed by atoms with Crippen LogP contribution in [0.4, 0.5) is 11.4 Å². The molecule has 0 aromatic heterocycles. The molecule has 4 atom stereocenters. The Kier molecular flexibility index (Phi) is 7.64. The van der Waals surface area contributed by atoms with Crippen LogP contribution in [0.2, 0.25) is 0 Å². The average Bonchev–Trinajstić information content (AvgIpc) is 3.52. The van der Waals surface area contributed by atoms with Crippen LogP contribution >= 0.6 is 0 Å². The van der Waals surface area contributed by atoms with E-state index in [-0.39, 0.29) is 17.3 Å². The summed E-state index contributed by atoms with van der Waals surface area (Å²) >= 11 is 0. The average molecular weight is 507 g/mol. The molecule has 2 N–H and O–H groups in total. The number of carbonyl (C=O) groups is 1. The van der Waals surface area contributed by atoms with E-state index >= 15 is 0 Å². The molecule has 2 aliphatic heterocycles. The number of ether oxygens (including phenoxy) is 2. The number of benzene rings is 1. The van der Waals surface area contributed by atoms with E-state index in [1.165, 1.54) is 30.0 Å². The molecule has 194 valence electrons. The topological polar surface area (TPSA) is 100 Å². The van der Waals surface area contributed by atoms with Crippen LogP contribution in [0, 0.1) is 17.8 Å². The second-order valence-electron chi connectivity index (χ2n) is 10.4. The summed E-state index contributed by atoms with van der Waals surface area (Å²) in [6.07, 6.45) is 5.29. The molecular weight excluding hydrogens is 468 g/mol. The molecule has 2 saturated carbocycles. The number of amides is 1. The third-order valence-electron chi connectivity index (χ3n) is 8.22. The van der Waals surface area contributed by atoms with Gasteiger partial charge in [-0.15, -0.1) is 0 Å². The predicted octanol–water partition coefficient (Wildman–Crippen LogP) is 1.90. The summed E-state index contributed by atoms with van der Waals surface area (Å²) in [4.78, 5) is 15.3. The number of fused-ring (bicyclic) bond motifs is 2. The summed E-state index contributed by atoms with van der Waals surface area (Å²) in [6.45, 7) is 6.43. The second kappa shape index (κ2) is 10.7. The van der Waals surface area contributed by atoms with E-state index in [4.69, 9.17) is 9.47 Å². The second-order valence-corrected chi connectivity index (χ2v) is 12.3. The molecule has 2 aliphatic carbocycles. The monoisotopic (exact) mass is 506 g/mol. The highest BCUT2D eigenvalue weighted by atomic mass is 32.2. The zero-order valence-electron chi connectivity index (χ0n) is 20.6. The highest BCUT2D eigenvalue weighted by Crippen LogP contribution is 2.49. The molecule has 0 unspecified atom stereocenters. The molecule has 35 heavy (non-hydrogen) atoms. The number of sulfonamides is 1. The SMILES string of the molecule is C[C@@H](NCC(=O)Nc1cc(S(=O)(=O)N2CCOCC2)ccc1N1CCOCC1)[C@H]1C[C@@H]2CC[C@@H]1C2. The van der Waals surface area contributed by atoms with Gasteiger partial charge >= 0.3 is 0 Å². The number of hydrogen-bond donors (Lipinski definition) is 2. The lowest BCUT2D eigenvalue weighted by Crippen LogP contribution is -2.41. The quantitative estimate of drug-likeness (QED) is 0.555. The van der Waals surface area contributed by atoms with Crippen LogP contribution < -0.4 is 15.5 Å². The van der Waals surface area contributed by atoms with Gasteiger partial charge in [-0.2, -0.15) is 4.31 Å². The van der Waals surface area contributed by atoms with Gasteiger partial charge in [0.2, 0.25) is 15.9 Å². The van der Waals surface area contributed by atoms with Crippen LogP contribution in [0.15, 0.2) is 23.1 Å². The smallest absolute Gasteiger partial charge is 0.243 e. The van der Waals surface area contributed by atoms with Gasteiger partial charge < -0.3 is 25.0 Å². The zero-order chi connectivity index (χ0) is 24.4. The molecule has 4 aliphatic rings. The summed E-state index contributed by atoms with van der Waals surface area (Å²) in [7, 11) is -3.67. The van der Waals surface area contributed by atoms with Gasteiger partial charge in [-0.1, -0.05) is 6.42 Å². The zero-order valence-corrected chi connectivity index (χ0v) is 21.4. The van der Waals surface area contributed by atoms with Gasteiger partial charge in [0.15, 0.2) is 0 Å². The maximum Gasteiger partial charge on any atom is 0.243 e. The molecule has 1 amide bonds. The molecule has 5 rings (SSSR count). The van der Waals surface area contributed by atoms with Gasteiger partial charge in [-0.3, -0.25) is 4.79 Å². The summed E-state index contributed by atoms with van der Waals surface area (Å²) < 4.78 is 38.7. The van der Waals surface area contributed by atoms with E-state index in [1.807, 2.05) is 0 Å². The summed E-state index contributed by atoms with van der Waals surface area (Å²) in [5.41, 5.74) is 1.35. The summed E-state index contributed by atoms with van der Waals surface area (Å²) in [6, 6.07) is 5.34. The van der Waals surface area contributed by atoms with Gasteiger partial charge in [0.25, 0.3) is 0 Å². The highest BCUT2D eigenvalue weighted by molar-refractivity contribution is 7.89. The first kappa shape index (κ1) is 25.0. The summed E-state index contributed by atoms with van der Waals surface area (Å²) in [5.74, 6) is 2.15. The molecule has 2 heterocycles. The first-order valence-electron chi connectivity index (χ1n) is 13.0. The van der Waals surface area contributed by atoms with Crippen molar-refractivity contribution in [2.45, 2.75) is 43.5 Å². The van der Waals surface area contributed by atoms with Crippen molar-refractivity contribution >= 4 is 27.3 Å². The largest absolute Gasteiger partial charge is 0.379 e. The number of carbonyl (C=O) groups excluding carboxylic acids is 1. The lowest BCUT2D eigenvalue weighted by Gasteiger charge is -2.31. The van der Waals surface area contributed by atoms with E-state index in [0.29, 0.717) is 70.3 Å². The molecule has 0 spiro atoms. The lowest BCUT2D eigenvalue weighted by atomic mass is 9.84. The number of nitrogens with one attached hydrogen (secondary N) is 2. The van der Waals surface area contributed by atoms with E-state index in [0.717, 1.165) is 17.5 Å². The predicted molar refractivity (Wildman–Crippen MR) is 134 cm³/mol. The van der Waals surface area contributed by atoms with E-state index in [1.54, 1.807) is 18.2 Å². The van der Waals surface area contributed by atoms with E-state index in [2.05, 4.69) is 22.5 Å². The molecule has 1 aromatic carbocycles. The number of nitrogens with zero attached hydrogens (tertiary/aromatic N) is 2. The summed E-state index contributed by atoms with van der Waals surface area (Å²) in [5, 5.41) is 6.45. The number of hydrogen-bond acceptors (Lipinski definition) is 7. The fourth-order valence-electron chi connectivity index (χ4n) is 6.30. The molecule has 0 radical (unpaired) electrons. The van der Waals surface area contributed by atoms with Crippen molar-refractivity contribution in [3.63, 3.8) is 0 Å². The van der Waals surface area contributed by atoms with Crippen LogP contribution in [0.1, 0.15) is 32.6 Å². The van der Waals surface area contributed by atoms with Crippen molar-refractivity contribution < 1.29 is 22.7 Å². The Bertz CT molecular complexity index is 1010. The third kappa shape index (κ3) is 5.51. The van der Waals surface area contributed by atoms with Crippen LogP contribution in [-0.4, -0.2) is 83.8 Å². The van der Waals surface area contributed by atoms with E-state index < -0.39 is 10.0 Å². The lowest BCUT2D eigenvalue weighted by molar-refractivity contribution is -0.115. The number of rotatable bonds is 8. The highest BCUT2D eigenvalue weighted by Gasteiger charge is 2.41. The Morgan fingerprint density at radius 2 is 1.77 bits per heavy atom. The van der Waals surface area contributed by atoms with Crippen LogP contribution in [-0.2, 0) is 24.3 Å². The Morgan fingerprint density at radius 3 is 2.43 bits per heavy atom. The van der Waals surface area contributed by atoms with Gasteiger partial charge in [0.1, 0.15) is 0 Å². The first-order chi connectivity index (χ1) is 16.9. The minimum absolute atomic E-state index is 0.157. The van der Waals surface area contributed by atoms with Crippen molar-refractivity contribution in [3.8, 4) is 0 Å². The van der Waals surface area contributed by atoms with Crippen molar-refractivity contribution in [1.29, 1.82) is 0 Å². The fraction of sp³-hybridized carbons (Fsp3) is 0.720. The van der Waals surface area contributed by atoms with Crippen LogP contribution in [0.5, 0.6) is 0 Å². The Hall–Kier alpha value is -1.72. The molecule has 2 bridgehead atoms. The molecule has 4 fully saturated rings. The first-order valence-corrected chi connectivity index (χ1v) is 14.4. The standard InChI is InChI=1S/C25H38N4O5S/c1-18(22-15-19-2-3-20(22)14-19)26-17-25(30)27-23-16-21(35(31,32)29-8-12-34-13-9-29)4-5-24(23)28-6-10-33-11-7-28/h4-5,16,18-20,22,26H,2-3,6-15,17H2,1H3,(H,27,30)/t18-,19-,20-,22-/m1/s1. The Labute approximate surface area is 208 Å². The molecule has 2 saturated heterocycles. The van der Waals surface area contributed by atoms with Gasteiger partial charge in [0, 0.05) is 32.2 Å². The number of anilines is 2. The van der Waals surface area contributed by atoms with Crippen molar-refractivity contribution in [2.75, 3.05) is 69.4 Å². The Morgan fingerprint density at radius 1 is 1.06 bits per heavy atom. The van der Waals surface area contributed by atoms with Crippen molar-refractivity contribution in [3.05, 3.63) is 18.2 Å². The number of morpholine rings is 2. The molecule has 10 heteroatoms. The van der Waals surface area contributed by atoms with E-state index in [9.17, 15) is 13.2 Å². The maximum atomic E-state index is 13.2. The third-order valence-corrected chi connectivity index (χ3v) is 10.1. The van der Waals surface area contributed by atoms with Crippen molar-refractivity contribution in [1.82, 2.24) is 9.62 Å². The molecule has 1 aromatic rings. The molecular formula is C25H38N4O5S. The fourth-order valence-corrected chi connectivity index (χ4v) is 7.73. The van der Waals surface area contributed by atoms with Crippen LogP contribution in [0.25, 0.3) is 0 Å². The molecule has 9 nitrogen and oxygen atoms in total. The minimum Gasteiger partial charge on any atom is -0.379 e.